The first-order chi connectivity index (χ1) is 10.3. The number of sulfonamides is 1. The van der Waals surface area contributed by atoms with Crippen LogP contribution in [-0.2, 0) is 21.3 Å². The Morgan fingerprint density at radius 2 is 2.00 bits per heavy atom. The zero-order chi connectivity index (χ0) is 16.2. The van der Waals surface area contributed by atoms with E-state index in [0.29, 0.717) is 11.6 Å². The fourth-order valence-electron chi connectivity index (χ4n) is 2.71. The van der Waals surface area contributed by atoms with E-state index in [1.165, 1.54) is 6.07 Å². The quantitative estimate of drug-likeness (QED) is 0.857. The Morgan fingerprint density at radius 3 is 2.64 bits per heavy atom. The van der Waals surface area contributed by atoms with Crippen LogP contribution in [0.3, 0.4) is 0 Å². The summed E-state index contributed by atoms with van der Waals surface area (Å²) in [7, 11) is -1.71. The van der Waals surface area contributed by atoms with Crippen LogP contribution in [0, 0.1) is 5.92 Å². The first-order valence-electron chi connectivity index (χ1n) is 7.43. The van der Waals surface area contributed by atoms with Crippen molar-refractivity contribution >= 4 is 21.6 Å². The fraction of sp³-hybridized carbons (Fsp3) is 0.600. The van der Waals surface area contributed by atoms with Crippen LogP contribution in [0.15, 0.2) is 23.1 Å². The molecule has 0 amide bonds. The summed E-state index contributed by atoms with van der Waals surface area (Å²) in [5.74, 6) is 0.718. The third-order valence-electron chi connectivity index (χ3n) is 3.97. The van der Waals surface area contributed by atoms with Crippen molar-refractivity contribution in [3.63, 3.8) is 0 Å². The Labute approximate surface area is 137 Å². The van der Waals surface area contributed by atoms with Crippen molar-refractivity contribution in [2.45, 2.75) is 30.7 Å². The van der Waals surface area contributed by atoms with Gasteiger partial charge in [-0.2, -0.15) is 0 Å². The Hall–Kier alpha value is -0.660. The number of hydrogen-bond donors (Lipinski definition) is 1. The third kappa shape index (κ3) is 5.52. The molecule has 0 radical (unpaired) electrons. The summed E-state index contributed by atoms with van der Waals surface area (Å²) in [6.07, 6.45) is 3.38. The van der Waals surface area contributed by atoms with Crippen LogP contribution in [0.1, 0.15) is 24.8 Å². The van der Waals surface area contributed by atoms with Gasteiger partial charge in [-0.3, -0.25) is 0 Å². The van der Waals surface area contributed by atoms with E-state index in [9.17, 15) is 8.42 Å². The molecule has 22 heavy (non-hydrogen) atoms. The summed E-state index contributed by atoms with van der Waals surface area (Å²) in [4.78, 5) is 2.24. The molecule has 0 bridgehead atoms. The van der Waals surface area contributed by atoms with Crippen molar-refractivity contribution < 1.29 is 13.2 Å². The molecule has 5 nitrogen and oxygen atoms in total. The van der Waals surface area contributed by atoms with Gasteiger partial charge in [-0.05, 0) is 62.5 Å². The van der Waals surface area contributed by atoms with Gasteiger partial charge < -0.3 is 9.64 Å². The maximum absolute atomic E-state index is 11.4. The van der Waals surface area contributed by atoms with Crippen molar-refractivity contribution in [3.8, 4) is 0 Å². The molecule has 1 aliphatic rings. The van der Waals surface area contributed by atoms with Gasteiger partial charge in [0.1, 0.15) is 0 Å². The number of nitrogens with zero attached hydrogens (tertiary/aromatic N) is 1. The van der Waals surface area contributed by atoms with E-state index in [-0.39, 0.29) is 4.90 Å². The minimum Gasteiger partial charge on any atom is -0.381 e. The maximum Gasteiger partial charge on any atom is 0.238 e. The first kappa shape index (κ1) is 17.7. The van der Waals surface area contributed by atoms with Crippen LogP contribution in [-0.4, -0.2) is 40.1 Å². The van der Waals surface area contributed by atoms with Crippen LogP contribution >= 0.6 is 11.6 Å². The van der Waals surface area contributed by atoms with E-state index >= 15 is 0 Å². The largest absolute Gasteiger partial charge is 0.381 e. The Morgan fingerprint density at radius 1 is 1.32 bits per heavy atom. The van der Waals surface area contributed by atoms with E-state index in [1.807, 2.05) is 7.05 Å². The highest BCUT2D eigenvalue weighted by Crippen LogP contribution is 2.21. The lowest BCUT2D eigenvalue weighted by Gasteiger charge is -2.25. The van der Waals surface area contributed by atoms with Crippen molar-refractivity contribution in [1.82, 2.24) is 4.90 Å². The van der Waals surface area contributed by atoms with Crippen LogP contribution in [0.25, 0.3) is 0 Å². The number of rotatable bonds is 6. The van der Waals surface area contributed by atoms with Gasteiger partial charge in [-0.15, -0.1) is 0 Å². The first-order valence-corrected chi connectivity index (χ1v) is 9.35. The monoisotopic (exact) mass is 346 g/mol. The molecular formula is C15H23ClN2O3S. The number of halogens is 1. The molecule has 0 spiro atoms. The van der Waals surface area contributed by atoms with Crippen LogP contribution in [0.4, 0.5) is 0 Å². The van der Waals surface area contributed by atoms with Gasteiger partial charge in [0, 0.05) is 24.8 Å². The number of ether oxygens (including phenoxy) is 1. The second-order valence-corrected chi connectivity index (χ2v) is 7.92. The molecule has 0 saturated carbocycles. The molecule has 0 aliphatic carbocycles. The highest BCUT2D eigenvalue weighted by atomic mass is 35.5. The third-order valence-corrected chi connectivity index (χ3v) is 5.08. The lowest BCUT2D eigenvalue weighted by Crippen LogP contribution is -2.24. The molecule has 1 fully saturated rings. The summed E-state index contributed by atoms with van der Waals surface area (Å²) in [5, 5.41) is 5.56. The number of benzene rings is 1. The summed E-state index contributed by atoms with van der Waals surface area (Å²) >= 11 is 5.99. The van der Waals surface area contributed by atoms with Gasteiger partial charge in [0.2, 0.25) is 10.0 Å². The van der Waals surface area contributed by atoms with Gasteiger partial charge >= 0.3 is 0 Å². The molecule has 0 aromatic heterocycles. The lowest BCUT2D eigenvalue weighted by atomic mass is 9.96. The second-order valence-electron chi connectivity index (χ2n) is 5.92. The van der Waals surface area contributed by atoms with Gasteiger partial charge in [0.05, 0.1) is 4.90 Å². The molecule has 1 heterocycles. The predicted molar refractivity (Wildman–Crippen MR) is 87.3 cm³/mol. The minimum absolute atomic E-state index is 0.0628. The van der Waals surface area contributed by atoms with Crippen molar-refractivity contribution in [1.29, 1.82) is 0 Å². The van der Waals surface area contributed by atoms with E-state index < -0.39 is 10.0 Å². The highest BCUT2D eigenvalue weighted by Gasteiger charge is 2.15. The van der Waals surface area contributed by atoms with E-state index in [1.54, 1.807) is 12.1 Å². The smallest absolute Gasteiger partial charge is 0.238 e. The molecule has 7 heteroatoms. The van der Waals surface area contributed by atoms with E-state index in [0.717, 1.165) is 50.5 Å². The summed E-state index contributed by atoms with van der Waals surface area (Å²) in [5.41, 5.74) is 0.853. The zero-order valence-corrected chi connectivity index (χ0v) is 14.4. The standard InChI is InChI=1S/C15H23ClN2O3S/c1-18(5-2-12-3-6-21-7-4-12)11-13-8-14(16)10-15(9-13)22(17,19)20/h8-10,12H,2-7,11H2,1H3,(H2,17,19,20). The van der Waals surface area contributed by atoms with Gasteiger partial charge in [-0.1, -0.05) is 11.6 Å². The molecule has 1 aliphatic heterocycles. The molecule has 124 valence electrons. The molecule has 0 unspecified atom stereocenters. The van der Waals surface area contributed by atoms with Gasteiger partial charge in [0.15, 0.2) is 0 Å². The summed E-state index contributed by atoms with van der Waals surface area (Å²) in [6.45, 7) is 3.33. The normalized spacial score (nSPS) is 17.1. The van der Waals surface area contributed by atoms with Crippen molar-refractivity contribution in [2.75, 3.05) is 26.8 Å². The summed E-state index contributed by atoms with van der Waals surface area (Å²) < 4.78 is 28.3. The summed E-state index contributed by atoms with van der Waals surface area (Å²) in [6, 6.07) is 4.75. The maximum atomic E-state index is 11.4. The molecule has 2 rings (SSSR count). The van der Waals surface area contributed by atoms with Crippen LogP contribution < -0.4 is 5.14 Å². The van der Waals surface area contributed by atoms with Crippen molar-refractivity contribution in [3.05, 3.63) is 28.8 Å². The SMILES string of the molecule is CN(CCC1CCOCC1)Cc1cc(Cl)cc(S(N)(=O)=O)c1. The lowest BCUT2D eigenvalue weighted by molar-refractivity contribution is 0.0608. The topological polar surface area (TPSA) is 72.6 Å². The van der Waals surface area contributed by atoms with Gasteiger partial charge in [0.25, 0.3) is 0 Å². The van der Waals surface area contributed by atoms with E-state index in [4.69, 9.17) is 21.5 Å². The molecule has 1 saturated heterocycles. The number of hydrogen-bond acceptors (Lipinski definition) is 4. The van der Waals surface area contributed by atoms with Crippen LogP contribution in [0.2, 0.25) is 5.02 Å². The number of nitrogens with two attached hydrogens (primary N) is 1. The van der Waals surface area contributed by atoms with Gasteiger partial charge in [-0.25, -0.2) is 13.6 Å². The average molecular weight is 347 g/mol. The zero-order valence-electron chi connectivity index (χ0n) is 12.8. The molecule has 0 atom stereocenters. The predicted octanol–water partition coefficient (Wildman–Crippen LogP) is 2.24. The van der Waals surface area contributed by atoms with E-state index in [2.05, 4.69) is 4.90 Å². The average Bonchev–Trinajstić information content (AvgIpc) is 2.45. The Balaban J connectivity index is 1.93. The fourth-order valence-corrected chi connectivity index (χ4v) is 3.63. The van der Waals surface area contributed by atoms with Crippen molar-refractivity contribution in [2.24, 2.45) is 11.1 Å². The Kier molecular flexibility index (Phi) is 6.23. The molecule has 1 aromatic rings. The highest BCUT2D eigenvalue weighted by molar-refractivity contribution is 7.89. The minimum atomic E-state index is -3.73. The second kappa shape index (κ2) is 7.75. The molecular weight excluding hydrogens is 324 g/mol. The molecule has 1 aromatic carbocycles. The van der Waals surface area contributed by atoms with Crippen LogP contribution in [0.5, 0.6) is 0 Å². The molecule has 2 N–H and O–H groups in total. The number of primary sulfonamides is 1. The Bertz CT molecular complexity index is 601.